The molecule has 0 radical (unpaired) electrons. The molecule has 2 aromatic rings. The van der Waals surface area contributed by atoms with Crippen molar-refractivity contribution in [2.75, 3.05) is 33.5 Å². The third-order valence-electron chi connectivity index (χ3n) is 5.17. The molecule has 0 aromatic heterocycles. The highest BCUT2D eigenvalue weighted by atomic mass is 127. The van der Waals surface area contributed by atoms with Gasteiger partial charge in [0.1, 0.15) is 5.75 Å². The molecule has 1 unspecified atom stereocenters. The van der Waals surface area contributed by atoms with Crippen LogP contribution in [0.1, 0.15) is 30.0 Å². The molecule has 8 heteroatoms. The highest BCUT2D eigenvalue weighted by molar-refractivity contribution is 14.0. The lowest BCUT2D eigenvalue weighted by Gasteiger charge is -2.17. The van der Waals surface area contributed by atoms with Crippen molar-refractivity contribution < 1.29 is 19.3 Å². The van der Waals surface area contributed by atoms with Crippen molar-refractivity contribution in [1.82, 2.24) is 10.6 Å². The largest absolute Gasteiger partial charge is 0.504 e. The third-order valence-corrected chi connectivity index (χ3v) is 5.17. The predicted molar refractivity (Wildman–Crippen MR) is 137 cm³/mol. The highest BCUT2D eigenvalue weighted by Crippen LogP contribution is 2.26. The molecule has 1 atom stereocenters. The first kappa shape index (κ1) is 26.1. The van der Waals surface area contributed by atoms with Crippen LogP contribution in [0.15, 0.2) is 41.4 Å². The Morgan fingerprint density at radius 1 is 1.19 bits per heavy atom. The minimum absolute atomic E-state index is 0. The Labute approximate surface area is 207 Å². The van der Waals surface area contributed by atoms with E-state index in [4.69, 9.17) is 14.2 Å². The Morgan fingerprint density at radius 2 is 2.03 bits per heavy atom. The van der Waals surface area contributed by atoms with Gasteiger partial charge in [-0.05, 0) is 49.6 Å². The first-order valence-electron chi connectivity index (χ1n) is 10.8. The SMILES string of the molecule is CCNC(=NCc1ccc(OC)c(O)c1)NCc1ccc(C)cc1OCC1CCOC1.I. The summed E-state index contributed by atoms with van der Waals surface area (Å²) in [5.74, 6) is 2.63. The molecule has 1 fully saturated rings. The zero-order valence-electron chi connectivity index (χ0n) is 19.0. The first-order chi connectivity index (χ1) is 15.1. The lowest BCUT2D eigenvalue weighted by atomic mass is 10.1. The fraction of sp³-hybridized carbons (Fsp3) is 0.458. The number of rotatable bonds is 9. The molecule has 7 nitrogen and oxygen atoms in total. The van der Waals surface area contributed by atoms with E-state index in [-0.39, 0.29) is 29.7 Å². The number of phenols is 1. The number of aromatic hydroxyl groups is 1. The van der Waals surface area contributed by atoms with Gasteiger partial charge in [-0.1, -0.05) is 18.2 Å². The summed E-state index contributed by atoms with van der Waals surface area (Å²) in [5, 5.41) is 16.6. The van der Waals surface area contributed by atoms with Crippen molar-refractivity contribution in [3.8, 4) is 17.2 Å². The summed E-state index contributed by atoms with van der Waals surface area (Å²) in [6, 6.07) is 11.6. The summed E-state index contributed by atoms with van der Waals surface area (Å²) in [6.07, 6.45) is 1.05. The van der Waals surface area contributed by atoms with Crippen molar-refractivity contribution in [2.24, 2.45) is 10.9 Å². The number of hydrogen-bond donors (Lipinski definition) is 3. The van der Waals surface area contributed by atoms with Gasteiger partial charge in [0.05, 0.1) is 26.9 Å². The summed E-state index contributed by atoms with van der Waals surface area (Å²) in [4.78, 5) is 4.64. The predicted octanol–water partition coefficient (Wildman–Crippen LogP) is 4.00. The van der Waals surface area contributed by atoms with E-state index in [0.29, 0.717) is 37.3 Å². The van der Waals surface area contributed by atoms with Crippen molar-refractivity contribution in [3.63, 3.8) is 0 Å². The number of aryl methyl sites for hydroxylation is 1. The van der Waals surface area contributed by atoms with Crippen molar-refractivity contribution in [3.05, 3.63) is 53.1 Å². The van der Waals surface area contributed by atoms with Gasteiger partial charge in [0.2, 0.25) is 0 Å². The van der Waals surface area contributed by atoms with Crippen LogP contribution in [-0.4, -0.2) is 44.5 Å². The van der Waals surface area contributed by atoms with Gasteiger partial charge in [0.25, 0.3) is 0 Å². The lowest BCUT2D eigenvalue weighted by molar-refractivity contribution is 0.166. The van der Waals surface area contributed by atoms with Crippen LogP contribution in [0.2, 0.25) is 0 Å². The first-order valence-corrected chi connectivity index (χ1v) is 10.8. The summed E-state index contributed by atoms with van der Waals surface area (Å²) >= 11 is 0. The molecule has 2 aromatic carbocycles. The van der Waals surface area contributed by atoms with Gasteiger partial charge in [0, 0.05) is 31.2 Å². The van der Waals surface area contributed by atoms with Crippen LogP contribution < -0.4 is 20.1 Å². The molecule has 1 saturated heterocycles. The van der Waals surface area contributed by atoms with Gasteiger partial charge >= 0.3 is 0 Å². The number of guanidine groups is 1. The Kier molecular flexibility index (Phi) is 10.9. The molecule has 3 N–H and O–H groups in total. The maximum atomic E-state index is 9.97. The van der Waals surface area contributed by atoms with Crippen molar-refractivity contribution in [1.29, 1.82) is 0 Å². The Balaban J connectivity index is 0.00000363. The van der Waals surface area contributed by atoms with Crippen molar-refractivity contribution in [2.45, 2.75) is 33.4 Å². The van der Waals surface area contributed by atoms with Crippen LogP contribution in [0.25, 0.3) is 0 Å². The maximum Gasteiger partial charge on any atom is 0.191 e. The average Bonchev–Trinajstić information content (AvgIpc) is 3.29. The molecular weight excluding hydrogens is 521 g/mol. The molecule has 0 amide bonds. The molecule has 1 aliphatic heterocycles. The van der Waals surface area contributed by atoms with Gasteiger partial charge in [0.15, 0.2) is 17.5 Å². The van der Waals surface area contributed by atoms with Crippen LogP contribution in [0.5, 0.6) is 17.2 Å². The highest BCUT2D eigenvalue weighted by Gasteiger charge is 2.17. The number of ether oxygens (including phenoxy) is 3. The minimum atomic E-state index is 0. The summed E-state index contributed by atoms with van der Waals surface area (Å²) in [7, 11) is 1.53. The normalized spacial score (nSPS) is 15.7. The van der Waals surface area contributed by atoms with E-state index in [1.54, 1.807) is 12.1 Å². The number of nitrogens with one attached hydrogen (secondary N) is 2. The molecule has 0 spiro atoms. The number of benzene rings is 2. The molecule has 176 valence electrons. The summed E-state index contributed by atoms with van der Waals surface area (Å²) in [6.45, 7) is 8.15. The van der Waals surface area contributed by atoms with Gasteiger partial charge in [-0.25, -0.2) is 4.99 Å². The fourth-order valence-corrected chi connectivity index (χ4v) is 3.39. The average molecular weight is 555 g/mol. The van der Waals surface area contributed by atoms with Gasteiger partial charge < -0.3 is 30.0 Å². The van der Waals surface area contributed by atoms with Crippen LogP contribution in [0.4, 0.5) is 0 Å². The van der Waals surface area contributed by atoms with E-state index in [1.807, 2.05) is 13.0 Å². The maximum absolute atomic E-state index is 9.97. The second kappa shape index (κ2) is 13.4. The van der Waals surface area contributed by atoms with Gasteiger partial charge in [-0.3, -0.25) is 0 Å². The number of hydrogen-bond acceptors (Lipinski definition) is 5. The van der Waals surface area contributed by atoms with E-state index in [1.165, 1.54) is 12.7 Å². The molecule has 0 aliphatic carbocycles. The molecule has 1 aliphatic rings. The zero-order valence-corrected chi connectivity index (χ0v) is 21.3. The van der Waals surface area contributed by atoms with Gasteiger partial charge in [-0.15, -0.1) is 24.0 Å². The number of aliphatic imine (C=N–C) groups is 1. The number of nitrogens with zero attached hydrogens (tertiary/aromatic N) is 1. The standard InChI is InChI=1S/C24H33N3O4.HI/c1-4-25-24(26-13-18-6-8-22(29-3)21(28)12-18)27-14-20-7-5-17(2)11-23(20)31-16-19-9-10-30-15-19;/h5-8,11-12,19,28H,4,9-10,13-16H2,1-3H3,(H2,25,26,27);1H. The minimum Gasteiger partial charge on any atom is -0.504 e. The van der Waals surface area contributed by atoms with Crippen LogP contribution in [0, 0.1) is 12.8 Å². The summed E-state index contributed by atoms with van der Waals surface area (Å²) < 4.78 is 16.7. The number of halogens is 1. The van der Waals surface area contributed by atoms with E-state index < -0.39 is 0 Å². The van der Waals surface area contributed by atoms with E-state index in [9.17, 15) is 5.11 Å². The lowest BCUT2D eigenvalue weighted by Crippen LogP contribution is -2.36. The molecule has 0 saturated carbocycles. The topological polar surface area (TPSA) is 84.3 Å². The number of methoxy groups -OCH3 is 1. The molecular formula is C24H34IN3O4. The fourth-order valence-electron chi connectivity index (χ4n) is 3.39. The smallest absolute Gasteiger partial charge is 0.191 e. The van der Waals surface area contributed by atoms with Crippen LogP contribution in [0.3, 0.4) is 0 Å². The Morgan fingerprint density at radius 3 is 2.72 bits per heavy atom. The molecule has 32 heavy (non-hydrogen) atoms. The second-order valence-electron chi connectivity index (χ2n) is 7.71. The quantitative estimate of drug-likeness (QED) is 0.247. The molecule has 3 rings (SSSR count). The van der Waals surface area contributed by atoms with E-state index >= 15 is 0 Å². The van der Waals surface area contributed by atoms with E-state index in [2.05, 4.69) is 40.7 Å². The number of phenolic OH excluding ortho intramolecular Hbond substituents is 1. The van der Waals surface area contributed by atoms with Crippen molar-refractivity contribution >= 4 is 29.9 Å². The molecule has 0 bridgehead atoms. The summed E-state index contributed by atoms with van der Waals surface area (Å²) in [5.41, 5.74) is 3.15. The monoisotopic (exact) mass is 555 g/mol. The Bertz CT molecular complexity index is 886. The van der Waals surface area contributed by atoms with E-state index in [0.717, 1.165) is 43.1 Å². The third kappa shape index (κ3) is 7.74. The van der Waals surface area contributed by atoms with Crippen LogP contribution >= 0.6 is 24.0 Å². The second-order valence-corrected chi connectivity index (χ2v) is 7.71. The van der Waals surface area contributed by atoms with Crippen LogP contribution in [-0.2, 0) is 17.8 Å². The zero-order chi connectivity index (χ0) is 22.1. The van der Waals surface area contributed by atoms with Gasteiger partial charge in [-0.2, -0.15) is 0 Å². The Hall–Kier alpha value is -2.20. The molecule has 1 heterocycles.